The van der Waals surface area contributed by atoms with Gasteiger partial charge in [0, 0.05) is 13.0 Å². The molecule has 2 unspecified atom stereocenters. The van der Waals surface area contributed by atoms with Gasteiger partial charge in [0.25, 0.3) is 0 Å². The molecule has 2 aliphatic rings. The van der Waals surface area contributed by atoms with Crippen molar-refractivity contribution < 1.29 is 9.47 Å². The summed E-state index contributed by atoms with van der Waals surface area (Å²) in [7, 11) is 0. The summed E-state index contributed by atoms with van der Waals surface area (Å²) < 4.78 is 10.9. The highest BCUT2D eigenvalue weighted by atomic mass is 16.5. The Balaban J connectivity index is 1.96. The number of ether oxygens (including phenoxy) is 2. The molecule has 3 N–H and O–H groups in total. The third-order valence-electron chi connectivity index (χ3n) is 2.91. The molecular formula is C10H18N2O2. The van der Waals surface area contributed by atoms with Crippen LogP contribution in [0.4, 0.5) is 0 Å². The largest absolute Gasteiger partial charge is 0.501 e. The normalized spacial score (nSPS) is 29.5. The van der Waals surface area contributed by atoms with Crippen LogP contribution in [0, 0.1) is 0 Å². The van der Waals surface area contributed by atoms with E-state index in [2.05, 4.69) is 5.43 Å². The lowest BCUT2D eigenvalue weighted by Crippen LogP contribution is -2.47. The van der Waals surface area contributed by atoms with Crippen molar-refractivity contribution in [3.8, 4) is 0 Å². The van der Waals surface area contributed by atoms with E-state index in [0.29, 0.717) is 0 Å². The first kappa shape index (κ1) is 9.96. The molecule has 2 rings (SSSR count). The summed E-state index contributed by atoms with van der Waals surface area (Å²) in [4.78, 5) is 0. The fourth-order valence-electron chi connectivity index (χ4n) is 2.11. The lowest BCUT2D eigenvalue weighted by Gasteiger charge is -2.30. The molecule has 4 heteroatoms. The van der Waals surface area contributed by atoms with Crippen molar-refractivity contribution in [3.05, 3.63) is 11.8 Å². The zero-order chi connectivity index (χ0) is 9.80. The number of hydrogen-bond donors (Lipinski definition) is 2. The Morgan fingerprint density at radius 1 is 1.43 bits per heavy atom. The second-order valence-electron chi connectivity index (χ2n) is 3.86. The Labute approximate surface area is 84.4 Å². The standard InChI is InChI=1S/C10H18N2O2/c11-12-10(8-4-6-13-7-8)9-3-1-2-5-14-9/h7,9-10,12H,1-6,11H2. The highest BCUT2D eigenvalue weighted by Gasteiger charge is 2.28. The van der Waals surface area contributed by atoms with Crippen molar-refractivity contribution in [3.63, 3.8) is 0 Å². The summed E-state index contributed by atoms with van der Waals surface area (Å²) in [6, 6.07) is 0.137. The molecule has 14 heavy (non-hydrogen) atoms. The van der Waals surface area contributed by atoms with Crippen LogP contribution in [0.1, 0.15) is 25.7 Å². The Bertz CT molecular complexity index is 212. The van der Waals surface area contributed by atoms with E-state index in [-0.39, 0.29) is 12.1 Å². The van der Waals surface area contributed by atoms with Crippen molar-refractivity contribution in [1.82, 2.24) is 5.43 Å². The van der Waals surface area contributed by atoms with Crippen molar-refractivity contribution >= 4 is 0 Å². The number of nitrogens with one attached hydrogen (secondary N) is 1. The van der Waals surface area contributed by atoms with Crippen LogP contribution in [-0.2, 0) is 9.47 Å². The summed E-state index contributed by atoms with van der Waals surface area (Å²) in [5.74, 6) is 5.56. The molecule has 2 aliphatic heterocycles. The number of nitrogens with two attached hydrogens (primary N) is 1. The molecule has 0 aliphatic carbocycles. The van der Waals surface area contributed by atoms with E-state index in [1.807, 2.05) is 6.26 Å². The molecule has 2 heterocycles. The van der Waals surface area contributed by atoms with Crippen LogP contribution < -0.4 is 11.3 Å². The minimum atomic E-state index is 0.137. The third-order valence-corrected chi connectivity index (χ3v) is 2.91. The van der Waals surface area contributed by atoms with Gasteiger partial charge in [0.2, 0.25) is 0 Å². The monoisotopic (exact) mass is 198 g/mol. The molecule has 1 saturated heterocycles. The molecule has 1 fully saturated rings. The minimum Gasteiger partial charge on any atom is -0.501 e. The van der Waals surface area contributed by atoms with Crippen molar-refractivity contribution in [1.29, 1.82) is 0 Å². The molecule has 0 saturated carbocycles. The van der Waals surface area contributed by atoms with Crippen LogP contribution in [-0.4, -0.2) is 25.4 Å². The predicted octanol–water partition coefficient (Wildman–Crippen LogP) is 0.692. The van der Waals surface area contributed by atoms with E-state index in [1.54, 1.807) is 0 Å². The summed E-state index contributed by atoms with van der Waals surface area (Å²) in [6.45, 7) is 1.64. The second-order valence-corrected chi connectivity index (χ2v) is 3.86. The lowest BCUT2D eigenvalue weighted by molar-refractivity contribution is -0.000337. The zero-order valence-electron chi connectivity index (χ0n) is 8.37. The van der Waals surface area contributed by atoms with Gasteiger partial charge in [0.1, 0.15) is 0 Å². The van der Waals surface area contributed by atoms with E-state index in [0.717, 1.165) is 26.1 Å². The maximum absolute atomic E-state index is 5.70. The topological polar surface area (TPSA) is 56.5 Å². The summed E-state index contributed by atoms with van der Waals surface area (Å²) >= 11 is 0. The number of rotatable bonds is 3. The van der Waals surface area contributed by atoms with Gasteiger partial charge >= 0.3 is 0 Å². The van der Waals surface area contributed by atoms with Crippen LogP contribution in [0.3, 0.4) is 0 Å². The van der Waals surface area contributed by atoms with Gasteiger partial charge in [-0.1, -0.05) is 0 Å². The lowest BCUT2D eigenvalue weighted by atomic mass is 9.96. The number of hydrazine groups is 1. The van der Waals surface area contributed by atoms with Gasteiger partial charge in [-0.3, -0.25) is 11.3 Å². The SMILES string of the molecule is NNC(C1=COCC1)C1CCCCO1. The van der Waals surface area contributed by atoms with Crippen molar-refractivity contribution in [2.75, 3.05) is 13.2 Å². The molecule has 2 atom stereocenters. The van der Waals surface area contributed by atoms with Crippen LogP contribution in [0.5, 0.6) is 0 Å². The van der Waals surface area contributed by atoms with Gasteiger partial charge in [-0.15, -0.1) is 0 Å². The van der Waals surface area contributed by atoms with E-state index in [9.17, 15) is 0 Å². The third kappa shape index (κ3) is 2.08. The van der Waals surface area contributed by atoms with Crippen molar-refractivity contribution in [2.45, 2.75) is 37.8 Å². The maximum atomic E-state index is 5.70. The fraction of sp³-hybridized carbons (Fsp3) is 0.800. The van der Waals surface area contributed by atoms with E-state index in [4.69, 9.17) is 15.3 Å². The van der Waals surface area contributed by atoms with Crippen LogP contribution in [0.25, 0.3) is 0 Å². The van der Waals surface area contributed by atoms with Gasteiger partial charge in [-0.2, -0.15) is 0 Å². The average molecular weight is 198 g/mol. The molecule has 4 nitrogen and oxygen atoms in total. The second kappa shape index (κ2) is 4.77. The molecule has 80 valence electrons. The molecule has 0 radical (unpaired) electrons. The van der Waals surface area contributed by atoms with Crippen LogP contribution in [0.2, 0.25) is 0 Å². The Hall–Kier alpha value is -0.580. The van der Waals surface area contributed by atoms with Crippen LogP contribution >= 0.6 is 0 Å². The first-order valence-electron chi connectivity index (χ1n) is 5.30. The molecule has 0 amide bonds. The molecule has 0 spiro atoms. The Morgan fingerprint density at radius 2 is 2.36 bits per heavy atom. The molecular weight excluding hydrogens is 180 g/mol. The van der Waals surface area contributed by atoms with E-state index in [1.165, 1.54) is 18.4 Å². The van der Waals surface area contributed by atoms with Crippen molar-refractivity contribution in [2.24, 2.45) is 5.84 Å². The van der Waals surface area contributed by atoms with Gasteiger partial charge in [0.05, 0.1) is 25.0 Å². The molecule has 0 bridgehead atoms. The van der Waals surface area contributed by atoms with E-state index < -0.39 is 0 Å². The maximum Gasteiger partial charge on any atom is 0.0912 e. The zero-order valence-corrected chi connectivity index (χ0v) is 8.37. The first-order valence-corrected chi connectivity index (χ1v) is 5.30. The summed E-state index contributed by atoms with van der Waals surface area (Å²) in [6.07, 6.45) is 6.51. The van der Waals surface area contributed by atoms with Gasteiger partial charge in [0.15, 0.2) is 0 Å². The van der Waals surface area contributed by atoms with Gasteiger partial charge in [-0.25, -0.2) is 0 Å². The highest BCUT2D eigenvalue weighted by molar-refractivity contribution is 5.13. The molecule has 0 aromatic heterocycles. The minimum absolute atomic E-state index is 0.137. The smallest absolute Gasteiger partial charge is 0.0912 e. The average Bonchev–Trinajstić information content (AvgIpc) is 2.74. The van der Waals surface area contributed by atoms with Crippen LogP contribution in [0.15, 0.2) is 11.8 Å². The highest BCUT2D eigenvalue weighted by Crippen LogP contribution is 2.23. The fourth-order valence-corrected chi connectivity index (χ4v) is 2.11. The number of hydrogen-bond acceptors (Lipinski definition) is 4. The van der Waals surface area contributed by atoms with Gasteiger partial charge < -0.3 is 9.47 Å². The Kier molecular flexibility index (Phi) is 3.39. The predicted molar refractivity (Wildman–Crippen MR) is 53.4 cm³/mol. The summed E-state index contributed by atoms with van der Waals surface area (Å²) in [5.41, 5.74) is 4.08. The molecule has 0 aromatic carbocycles. The summed E-state index contributed by atoms with van der Waals surface area (Å²) in [5, 5.41) is 0. The van der Waals surface area contributed by atoms with Gasteiger partial charge in [-0.05, 0) is 24.8 Å². The van der Waals surface area contributed by atoms with E-state index >= 15 is 0 Å². The first-order chi connectivity index (χ1) is 6.92. The quantitative estimate of drug-likeness (QED) is 0.517. The Morgan fingerprint density at radius 3 is 2.93 bits per heavy atom. The molecule has 0 aromatic rings.